The Morgan fingerprint density at radius 3 is 2.13 bits per heavy atom. The van der Waals surface area contributed by atoms with Gasteiger partial charge in [-0.25, -0.2) is 12.7 Å². The van der Waals surface area contributed by atoms with E-state index in [1.54, 1.807) is 0 Å². The number of rotatable bonds is 7. The van der Waals surface area contributed by atoms with E-state index in [4.69, 9.17) is 5.73 Å². The number of sulfonamides is 1. The minimum absolute atomic E-state index is 0.164. The van der Waals surface area contributed by atoms with Crippen molar-refractivity contribution in [2.75, 3.05) is 25.4 Å². The van der Waals surface area contributed by atoms with Crippen LogP contribution in [-0.4, -0.2) is 38.1 Å². The molecule has 0 amide bonds. The minimum atomic E-state index is -3.10. The van der Waals surface area contributed by atoms with Gasteiger partial charge in [0.05, 0.1) is 5.75 Å². The SMILES string of the molecule is CCN(CC(C)CN)S(=O)(=O)CC(C)C. The Morgan fingerprint density at radius 1 is 1.27 bits per heavy atom. The smallest absolute Gasteiger partial charge is 0.214 e. The lowest BCUT2D eigenvalue weighted by molar-refractivity contribution is 0.368. The van der Waals surface area contributed by atoms with Gasteiger partial charge in [-0.1, -0.05) is 27.7 Å². The van der Waals surface area contributed by atoms with E-state index in [0.717, 1.165) is 0 Å². The van der Waals surface area contributed by atoms with Crippen LogP contribution in [0.3, 0.4) is 0 Å². The highest BCUT2D eigenvalue weighted by atomic mass is 32.2. The second-order valence-electron chi connectivity index (χ2n) is 4.46. The van der Waals surface area contributed by atoms with Gasteiger partial charge in [0.25, 0.3) is 0 Å². The molecule has 0 aliphatic carbocycles. The lowest BCUT2D eigenvalue weighted by Gasteiger charge is -2.24. The van der Waals surface area contributed by atoms with Crippen LogP contribution in [0.2, 0.25) is 0 Å². The summed E-state index contributed by atoms with van der Waals surface area (Å²) in [4.78, 5) is 0. The molecule has 0 aromatic heterocycles. The molecule has 0 spiro atoms. The van der Waals surface area contributed by atoms with E-state index in [9.17, 15) is 8.42 Å². The van der Waals surface area contributed by atoms with Crippen molar-refractivity contribution >= 4 is 10.0 Å². The van der Waals surface area contributed by atoms with Crippen molar-refractivity contribution in [3.63, 3.8) is 0 Å². The summed E-state index contributed by atoms with van der Waals surface area (Å²) in [7, 11) is -3.10. The number of nitrogens with zero attached hydrogens (tertiary/aromatic N) is 1. The molecule has 0 aliphatic heterocycles. The Balaban J connectivity index is 4.51. The molecule has 1 unspecified atom stereocenters. The van der Waals surface area contributed by atoms with Gasteiger partial charge in [-0.05, 0) is 18.4 Å². The van der Waals surface area contributed by atoms with Crippen LogP contribution in [-0.2, 0) is 10.0 Å². The van der Waals surface area contributed by atoms with Crippen molar-refractivity contribution in [1.29, 1.82) is 0 Å². The van der Waals surface area contributed by atoms with E-state index in [1.807, 2.05) is 27.7 Å². The molecule has 92 valence electrons. The Morgan fingerprint density at radius 2 is 1.80 bits per heavy atom. The molecule has 0 heterocycles. The van der Waals surface area contributed by atoms with E-state index in [-0.39, 0.29) is 17.6 Å². The van der Waals surface area contributed by atoms with E-state index in [2.05, 4.69) is 0 Å². The van der Waals surface area contributed by atoms with E-state index >= 15 is 0 Å². The van der Waals surface area contributed by atoms with Crippen molar-refractivity contribution in [3.8, 4) is 0 Å². The lowest BCUT2D eigenvalue weighted by Crippen LogP contribution is -2.38. The standard InChI is InChI=1S/C10H24N2O2S/c1-5-12(7-10(4)6-11)15(13,14)8-9(2)3/h9-10H,5-8,11H2,1-4H3. The van der Waals surface area contributed by atoms with Crippen molar-refractivity contribution in [2.45, 2.75) is 27.7 Å². The van der Waals surface area contributed by atoms with Crippen LogP contribution in [0.25, 0.3) is 0 Å². The van der Waals surface area contributed by atoms with Gasteiger partial charge < -0.3 is 5.73 Å². The average Bonchev–Trinajstić information content (AvgIpc) is 2.11. The molecule has 0 radical (unpaired) electrons. The molecule has 15 heavy (non-hydrogen) atoms. The molecule has 0 saturated carbocycles. The fourth-order valence-corrected chi connectivity index (χ4v) is 3.32. The third kappa shape index (κ3) is 5.49. The topological polar surface area (TPSA) is 63.4 Å². The summed E-state index contributed by atoms with van der Waals surface area (Å²) in [5.41, 5.74) is 5.50. The maximum Gasteiger partial charge on any atom is 0.214 e. The molecule has 0 fully saturated rings. The van der Waals surface area contributed by atoms with Crippen LogP contribution in [0.4, 0.5) is 0 Å². The van der Waals surface area contributed by atoms with E-state index in [1.165, 1.54) is 4.31 Å². The van der Waals surface area contributed by atoms with Crippen molar-refractivity contribution in [3.05, 3.63) is 0 Å². The monoisotopic (exact) mass is 236 g/mol. The summed E-state index contributed by atoms with van der Waals surface area (Å²) in [6.07, 6.45) is 0. The first-order chi connectivity index (χ1) is 6.83. The zero-order valence-corrected chi connectivity index (χ0v) is 11.0. The molecule has 1 atom stereocenters. The first-order valence-electron chi connectivity index (χ1n) is 5.51. The van der Waals surface area contributed by atoms with Gasteiger partial charge in [0, 0.05) is 13.1 Å². The van der Waals surface area contributed by atoms with Gasteiger partial charge in [-0.3, -0.25) is 0 Å². The fourth-order valence-electron chi connectivity index (χ4n) is 1.39. The van der Waals surface area contributed by atoms with E-state index < -0.39 is 10.0 Å². The maximum absolute atomic E-state index is 11.9. The van der Waals surface area contributed by atoms with Crippen LogP contribution < -0.4 is 5.73 Å². The third-order valence-corrected chi connectivity index (χ3v) is 4.49. The summed E-state index contributed by atoms with van der Waals surface area (Å²) in [6, 6.07) is 0. The first kappa shape index (κ1) is 14.9. The first-order valence-corrected chi connectivity index (χ1v) is 7.12. The highest BCUT2D eigenvalue weighted by Crippen LogP contribution is 2.09. The largest absolute Gasteiger partial charge is 0.330 e. The maximum atomic E-state index is 11.9. The quantitative estimate of drug-likeness (QED) is 0.714. The van der Waals surface area contributed by atoms with Crippen molar-refractivity contribution < 1.29 is 8.42 Å². The molecule has 0 saturated heterocycles. The highest BCUT2D eigenvalue weighted by Gasteiger charge is 2.22. The molecule has 5 heteroatoms. The fraction of sp³-hybridized carbons (Fsp3) is 1.00. The lowest BCUT2D eigenvalue weighted by atomic mass is 10.2. The molecule has 2 N–H and O–H groups in total. The predicted molar refractivity (Wildman–Crippen MR) is 64.1 cm³/mol. The Labute approximate surface area is 93.9 Å². The van der Waals surface area contributed by atoms with Crippen LogP contribution in [0.15, 0.2) is 0 Å². The van der Waals surface area contributed by atoms with Crippen LogP contribution in [0.5, 0.6) is 0 Å². The molecule has 0 aromatic rings. The Hall–Kier alpha value is -0.130. The normalized spacial score (nSPS) is 14.9. The highest BCUT2D eigenvalue weighted by molar-refractivity contribution is 7.89. The summed E-state index contributed by atoms with van der Waals surface area (Å²) in [6.45, 7) is 9.24. The van der Waals surface area contributed by atoms with Gasteiger partial charge >= 0.3 is 0 Å². The predicted octanol–water partition coefficient (Wildman–Crippen LogP) is 0.889. The van der Waals surface area contributed by atoms with Gasteiger partial charge in [0.1, 0.15) is 0 Å². The minimum Gasteiger partial charge on any atom is -0.330 e. The molecule has 0 rings (SSSR count). The van der Waals surface area contributed by atoms with Crippen LogP contribution >= 0.6 is 0 Å². The zero-order valence-electron chi connectivity index (χ0n) is 10.2. The Bertz CT molecular complexity index is 263. The Kier molecular flexibility index (Phi) is 6.40. The van der Waals surface area contributed by atoms with Gasteiger partial charge in [0.15, 0.2) is 0 Å². The van der Waals surface area contributed by atoms with Gasteiger partial charge in [-0.15, -0.1) is 0 Å². The second-order valence-corrected chi connectivity index (χ2v) is 6.48. The molecule has 0 aromatic carbocycles. The summed E-state index contributed by atoms with van der Waals surface area (Å²) < 4.78 is 25.3. The van der Waals surface area contributed by atoms with Crippen molar-refractivity contribution in [1.82, 2.24) is 4.31 Å². The van der Waals surface area contributed by atoms with Gasteiger partial charge in [0.2, 0.25) is 10.0 Å². The van der Waals surface area contributed by atoms with Crippen LogP contribution in [0, 0.1) is 11.8 Å². The van der Waals surface area contributed by atoms with Gasteiger partial charge in [-0.2, -0.15) is 0 Å². The second kappa shape index (κ2) is 6.45. The third-order valence-electron chi connectivity index (χ3n) is 2.21. The number of nitrogens with two attached hydrogens (primary N) is 1. The van der Waals surface area contributed by atoms with Crippen LogP contribution in [0.1, 0.15) is 27.7 Å². The molecule has 4 nitrogen and oxygen atoms in total. The van der Waals surface area contributed by atoms with Crippen molar-refractivity contribution in [2.24, 2.45) is 17.6 Å². The molecule has 0 bridgehead atoms. The summed E-state index contributed by atoms with van der Waals surface area (Å²) in [5.74, 6) is 0.599. The average molecular weight is 236 g/mol. The molecule has 0 aliphatic rings. The molecular weight excluding hydrogens is 212 g/mol. The molecular formula is C10H24N2O2S. The number of hydrogen-bond donors (Lipinski definition) is 1. The summed E-state index contributed by atoms with van der Waals surface area (Å²) in [5, 5.41) is 0. The zero-order chi connectivity index (χ0) is 12.1. The summed E-state index contributed by atoms with van der Waals surface area (Å²) >= 11 is 0. The number of hydrogen-bond acceptors (Lipinski definition) is 3. The van der Waals surface area contributed by atoms with E-state index in [0.29, 0.717) is 19.6 Å².